The Morgan fingerprint density at radius 2 is 2.42 bits per heavy atom. The third kappa shape index (κ3) is 4.07. The smallest absolute Gasteiger partial charge is 0.234 e. The fraction of sp³-hybridized carbons (Fsp3) is 0.438. The molecule has 1 aliphatic rings. The Labute approximate surface area is 144 Å². The minimum Gasteiger partial charge on any atom is -0.495 e. The molecule has 1 amide bonds. The Bertz CT molecular complexity index is 713. The van der Waals surface area contributed by atoms with Crippen molar-refractivity contribution in [2.24, 2.45) is 0 Å². The van der Waals surface area contributed by atoms with Crippen LogP contribution in [0.5, 0.6) is 5.75 Å². The molecule has 8 heteroatoms. The van der Waals surface area contributed by atoms with Crippen molar-refractivity contribution in [3.63, 3.8) is 0 Å². The quantitative estimate of drug-likeness (QED) is 0.780. The highest BCUT2D eigenvalue weighted by Crippen LogP contribution is 2.28. The molecule has 2 heterocycles. The van der Waals surface area contributed by atoms with Gasteiger partial charge in [-0.1, -0.05) is 17.8 Å². The van der Waals surface area contributed by atoms with E-state index < -0.39 is 0 Å². The molecule has 0 spiro atoms. The predicted molar refractivity (Wildman–Crippen MR) is 91.4 cm³/mol. The molecule has 1 fully saturated rings. The summed E-state index contributed by atoms with van der Waals surface area (Å²) in [6, 6.07) is 5.65. The van der Waals surface area contributed by atoms with Crippen LogP contribution in [0.25, 0.3) is 0 Å². The Morgan fingerprint density at radius 1 is 1.54 bits per heavy atom. The monoisotopic (exact) mass is 348 g/mol. The van der Waals surface area contributed by atoms with Gasteiger partial charge in [0, 0.05) is 6.61 Å². The maximum atomic E-state index is 12.2. The molecule has 0 aliphatic carbocycles. The zero-order chi connectivity index (χ0) is 16.9. The summed E-state index contributed by atoms with van der Waals surface area (Å²) in [5.74, 6) is 1.46. The predicted octanol–water partition coefficient (Wildman–Crippen LogP) is 2.70. The van der Waals surface area contributed by atoms with Gasteiger partial charge in [-0.05, 0) is 37.5 Å². The molecule has 3 rings (SSSR count). The molecule has 0 unspecified atom stereocenters. The van der Waals surface area contributed by atoms with E-state index in [1.54, 1.807) is 7.11 Å². The van der Waals surface area contributed by atoms with Crippen LogP contribution < -0.4 is 10.1 Å². The molecule has 2 N–H and O–H groups in total. The molecule has 24 heavy (non-hydrogen) atoms. The van der Waals surface area contributed by atoms with Crippen molar-refractivity contribution in [2.45, 2.75) is 31.0 Å². The highest BCUT2D eigenvalue weighted by molar-refractivity contribution is 7.99. The average Bonchev–Trinajstić information content (AvgIpc) is 3.24. The second kappa shape index (κ2) is 7.67. The minimum atomic E-state index is -0.132. The summed E-state index contributed by atoms with van der Waals surface area (Å²) in [6.07, 6.45) is 1.99. The Hall–Kier alpha value is -2.06. The van der Waals surface area contributed by atoms with Crippen molar-refractivity contribution in [1.29, 1.82) is 0 Å². The lowest BCUT2D eigenvalue weighted by molar-refractivity contribution is -0.113. The Morgan fingerprint density at radius 3 is 3.17 bits per heavy atom. The number of benzene rings is 1. The Kier molecular flexibility index (Phi) is 5.37. The van der Waals surface area contributed by atoms with Crippen LogP contribution in [0.1, 0.15) is 30.3 Å². The number of hydrogen-bond acceptors (Lipinski definition) is 6. The second-order valence-corrected chi connectivity index (χ2v) is 6.49. The van der Waals surface area contributed by atoms with E-state index in [1.165, 1.54) is 11.8 Å². The topological polar surface area (TPSA) is 89.1 Å². The maximum Gasteiger partial charge on any atom is 0.234 e. The van der Waals surface area contributed by atoms with E-state index in [2.05, 4.69) is 20.5 Å². The number of carbonyl (C=O) groups excluding carboxylic acids is 1. The number of aryl methyl sites for hydroxylation is 1. The van der Waals surface area contributed by atoms with E-state index in [0.29, 0.717) is 16.6 Å². The van der Waals surface area contributed by atoms with Crippen molar-refractivity contribution >= 4 is 23.4 Å². The van der Waals surface area contributed by atoms with Crippen molar-refractivity contribution < 1.29 is 14.3 Å². The van der Waals surface area contributed by atoms with Crippen molar-refractivity contribution in [3.8, 4) is 5.75 Å². The van der Waals surface area contributed by atoms with Gasteiger partial charge in [-0.25, -0.2) is 4.98 Å². The first kappa shape index (κ1) is 16.8. The zero-order valence-electron chi connectivity index (χ0n) is 13.7. The number of aromatic nitrogens is 3. The number of anilines is 1. The van der Waals surface area contributed by atoms with Crippen molar-refractivity contribution in [3.05, 3.63) is 29.6 Å². The van der Waals surface area contributed by atoms with Gasteiger partial charge in [-0.3, -0.25) is 9.89 Å². The summed E-state index contributed by atoms with van der Waals surface area (Å²) in [4.78, 5) is 16.5. The van der Waals surface area contributed by atoms with Crippen LogP contribution in [0.2, 0.25) is 0 Å². The molecule has 0 saturated carbocycles. The van der Waals surface area contributed by atoms with Gasteiger partial charge in [0.05, 0.1) is 18.6 Å². The number of carbonyl (C=O) groups is 1. The fourth-order valence-corrected chi connectivity index (χ4v) is 3.10. The number of hydrogen-bond donors (Lipinski definition) is 2. The van der Waals surface area contributed by atoms with E-state index in [4.69, 9.17) is 9.47 Å². The summed E-state index contributed by atoms with van der Waals surface area (Å²) < 4.78 is 10.8. The number of H-pyrrole nitrogens is 1. The van der Waals surface area contributed by atoms with Gasteiger partial charge < -0.3 is 14.8 Å². The van der Waals surface area contributed by atoms with Crippen LogP contribution in [-0.2, 0) is 9.53 Å². The average molecular weight is 348 g/mol. The lowest BCUT2D eigenvalue weighted by Gasteiger charge is -2.10. The molecule has 0 bridgehead atoms. The number of nitrogens with one attached hydrogen (secondary N) is 2. The molecule has 1 saturated heterocycles. The Balaban J connectivity index is 1.55. The summed E-state index contributed by atoms with van der Waals surface area (Å²) in [6.45, 7) is 2.72. The van der Waals surface area contributed by atoms with Gasteiger partial charge in [0.1, 0.15) is 11.9 Å². The summed E-state index contributed by atoms with van der Waals surface area (Å²) in [5.41, 5.74) is 1.71. The van der Waals surface area contributed by atoms with Crippen LogP contribution in [0.15, 0.2) is 23.4 Å². The molecule has 1 aromatic heterocycles. The molecule has 0 radical (unpaired) electrons. The molecule has 1 aliphatic heterocycles. The number of nitrogens with zero attached hydrogens (tertiary/aromatic N) is 2. The van der Waals surface area contributed by atoms with E-state index in [0.717, 1.165) is 30.8 Å². The lowest BCUT2D eigenvalue weighted by Crippen LogP contribution is -2.15. The highest BCUT2D eigenvalue weighted by Gasteiger charge is 2.21. The zero-order valence-corrected chi connectivity index (χ0v) is 14.5. The standard InChI is InChI=1S/C16H20N4O3S/c1-10-5-6-12(22-2)11(8-10)17-14(21)9-24-16-18-15(19-20-16)13-4-3-7-23-13/h5-6,8,13H,3-4,7,9H2,1-2H3,(H,17,21)(H,18,19,20)/t13-/m1/s1. The van der Waals surface area contributed by atoms with Crippen molar-refractivity contribution in [1.82, 2.24) is 15.2 Å². The number of thioether (sulfide) groups is 1. The second-order valence-electron chi connectivity index (χ2n) is 5.55. The minimum absolute atomic E-state index is 0.00256. The number of amides is 1. The first-order valence-electron chi connectivity index (χ1n) is 7.77. The van der Waals surface area contributed by atoms with Crippen LogP contribution in [0.3, 0.4) is 0 Å². The molecule has 1 aromatic carbocycles. The number of aromatic amines is 1. The van der Waals surface area contributed by atoms with Gasteiger partial charge in [-0.15, -0.1) is 5.10 Å². The molecule has 2 aromatic rings. The summed E-state index contributed by atoms with van der Waals surface area (Å²) in [7, 11) is 1.58. The van der Waals surface area contributed by atoms with Crippen LogP contribution >= 0.6 is 11.8 Å². The van der Waals surface area contributed by atoms with Gasteiger partial charge >= 0.3 is 0 Å². The summed E-state index contributed by atoms with van der Waals surface area (Å²) >= 11 is 1.28. The van der Waals surface area contributed by atoms with Crippen LogP contribution in [0.4, 0.5) is 5.69 Å². The molecule has 7 nitrogen and oxygen atoms in total. The molecule has 128 valence electrons. The number of methoxy groups -OCH3 is 1. The van der Waals surface area contributed by atoms with Crippen molar-refractivity contribution in [2.75, 3.05) is 24.8 Å². The van der Waals surface area contributed by atoms with Gasteiger partial charge in [0.2, 0.25) is 11.1 Å². The number of ether oxygens (including phenoxy) is 2. The first-order valence-corrected chi connectivity index (χ1v) is 8.75. The summed E-state index contributed by atoms with van der Waals surface area (Å²) in [5, 5.41) is 10.4. The van der Waals surface area contributed by atoms with Gasteiger partial charge in [0.25, 0.3) is 0 Å². The molecular weight excluding hydrogens is 328 g/mol. The van der Waals surface area contributed by atoms with Crippen LogP contribution in [0, 0.1) is 6.92 Å². The highest BCUT2D eigenvalue weighted by atomic mass is 32.2. The van der Waals surface area contributed by atoms with Gasteiger partial charge in [0.15, 0.2) is 5.82 Å². The van der Waals surface area contributed by atoms with E-state index in [-0.39, 0.29) is 17.8 Å². The molecular formula is C16H20N4O3S. The first-order chi connectivity index (χ1) is 11.7. The third-order valence-electron chi connectivity index (χ3n) is 3.68. The normalized spacial score (nSPS) is 17.0. The van der Waals surface area contributed by atoms with E-state index >= 15 is 0 Å². The fourth-order valence-electron chi connectivity index (χ4n) is 2.50. The van der Waals surface area contributed by atoms with Crippen LogP contribution in [-0.4, -0.2) is 40.6 Å². The third-order valence-corrected chi connectivity index (χ3v) is 4.53. The van der Waals surface area contributed by atoms with Gasteiger partial charge in [-0.2, -0.15) is 0 Å². The largest absolute Gasteiger partial charge is 0.495 e. The molecule has 1 atom stereocenters. The van der Waals surface area contributed by atoms with E-state index in [1.807, 2.05) is 25.1 Å². The lowest BCUT2D eigenvalue weighted by atomic mass is 10.2. The number of rotatable bonds is 6. The van der Waals surface area contributed by atoms with E-state index in [9.17, 15) is 4.79 Å². The SMILES string of the molecule is COc1ccc(C)cc1NC(=O)CSc1n[nH]c([C@H]2CCCO2)n1. The maximum absolute atomic E-state index is 12.2.